The van der Waals surface area contributed by atoms with Crippen LogP contribution in [0.4, 0.5) is 4.79 Å². The Balaban J connectivity index is 1.72. The van der Waals surface area contributed by atoms with Gasteiger partial charge in [-0.2, -0.15) is 0 Å². The molecule has 3 rings (SSSR count). The number of ketones is 2. The van der Waals surface area contributed by atoms with Gasteiger partial charge in [-0.05, 0) is 59.5 Å². The molecule has 0 bridgehead atoms. The second kappa shape index (κ2) is 15.1. The van der Waals surface area contributed by atoms with Crippen LogP contribution in [-0.2, 0) is 23.8 Å². The molecule has 2 saturated heterocycles. The number of carbonyl (C=O) groups excluding carboxylic acids is 4. The van der Waals surface area contributed by atoms with Gasteiger partial charge in [0.25, 0.3) is 0 Å². The van der Waals surface area contributed by atoms with Crippen molar-refractivity contribution in [1.82, 2.24) is 10.2 Å². The lowest BCUT2D eigenvalue weighted by molar-refractivity contribution is -0.167. The van der Waals surface area contributed by atoms with E-state index in [2.05, 4.69) is 10.5 Å². The molecule has 2 unspecified atom stereocenters. The molecular weight excluding hydrogens is 544 g/mol. The number of piperidine rings is 2. The summed E-state index contributed by atoms with van der Waals surface area (Å²) < 4.78 is 17.0. The summed E-state index contributed by atoms with van der Waals surface area (Å²) in [6, 6.07) is 6.19. The highest BCUT2D eigenvalue weighted by Crippen LogP contribution is 2.27. The SMILES string of the molecule is C[C@H](CC(=O)c1ccc(/C(N)=N/O)cc1)C(=O)C(OC(=O)COC1CCNCC1)C1CCCN(C(=O)OC(C)(C)C)C1. The number of nitrogens with one attached hydrogen (secondary N) is 1. The van der Waals surface area contributed by atoms with Crippen LogP contribution in [0.25, 0.3) is 0 Å². The highest BCUT2D eigenvalue weighted by molar-refractivity contribution is 6.01. The van der Waals surface area contributed by atoms with Crippen molar-refractivity contribution in [3.05, 3.63) is 35.4 Å². The number of nitrogens with zero attached hydrogens (tertiary/aromatic N) is 2. The number of nitrogens with two attached hydrogens (primary N) is 1. The number of rotatable bonds is 11. The molecular formula is C30H44N4O8. The first-order valence-electron chi connectivity index (χ1n) is 14.5. The summed E-state index contributed by atoms with van der Waals surface area (Å²) in [5.74, 6) is -2.62. The van der Waals surface area contributed by atoms with Gasteiger partial charge >= 0.3 is 12.1 Å². The molecule has 12 heteroatoms. The zero-order valence-electron chi connectivity index (χ0n) is 25.0. The number of ether oxygens (including phenoxy) is 3. The molecule has 4 N–H and O–H groups in total. The van der Waals surface area contributed by atoms with E-state index in [-0.39, 0.29) is 43.1 Å². The summed E-state index contributed by atoms with van der Waals surface area (Å²) in [6.07, 6.45) is 0.926. The molecule has 0 radical (unpaired) electrons. The van der Waals surface area contributed by atoms with Crippen LogP contribution in [0, 0.1) is 11.8 Å². The quantitative estimate of drug-likeness (QED) is 0.0872. The molecule has 2 heterocycles. The molecule has 2 fully saturated rings. The van der Waals surface area contributed by atoms with Gasteiger partial charge in [-0.3, -0.25) is 9.59 Å². The third kappa shape index (κ3) is 9.80. The van der Waals surface area contributed by atoms with Gasteiger partial charge in [-0.25, -0.2) is 9.59 Å². The number of hydrogen-bond acceptors (Lipinski definition) is 10. The molecule has 232 valence electrons. The van der Waals surface area contributed by atoms with E-state index in [1.165, 1.54) is 4.90 Å². The van der Waals surface area contributed by atoms with Gasteiger partial charge in [0.2, 0.25) is 0 Å². The van der Waals surface area contributed by atoms with Crippen molar-refractivity contribution in [2.75, 3.05) is 32.8 Å². The van der Waals surface area contributed by atoms with E-state index < -0.39 is 35.6 Å². The fraction of sp³-hybridized carbons (Fsp3) is 0.633. The lowest BCUT2D eigenvalue weighted by Crippen LogP contribution is -2.49. The molecule has 2 aliphatic heterocycles. The minimum atomic E-state index is -1.15. The van der Waals surface area contributed by atoms with Crippen LogP contribution in [0.3, 0.4) is 0 Å². The fourth-order valence-electron chi connectivity index (χ4n) is 5.12. The molecule has 42 heavy (non-hydrogen) atoms. The lowest BCUT2D eigenvalue weighted by atomic mass is 9.84. The van der Waals surface area contributed by atoms with Crippen molar-refractivity contribution < 1.29 is 38.6 Å². The van der Waals surface area contributed by atoms with Crippen LogP contribution in [0.1, 0.15) is 75.7 Å². The number of benzene rings is 1. The topological polar surface area (TPSA) is 170 Å². The minimum Gasteiger partial charge on any atom is -0.452 e. The van der Waals surface area contributed by atoms with E-state index in [0.717, 1.165) is 25.9 Å². The first kappa shape index (κ1) is 33.0. The standard InChI is InChI=1S/C30H44N4O8/c1-19(16-24(35)20-7-9-21(10-8-20)28(31)33-39)26(37)27(41-25(36)18-40-23-11-13-32-14-12-23)22-6-5-15-34(17-22)29(38)42-30(2,3)4/h7-10,19,22-23,27,32,39H,5-6,11-18H2,1-4H3,(H2,31,33)/t19-,22?,27?/m1/s1. The molecule has 12 nitrogen and oxygen atoms in total. The zero-order chi connectivity index (χ0) is 30.9. The van der Waals surface area contributed by atoms with E-state index in [1.54, 1.807) is 52.0 Å². The van der Waals surface area contributed by atoms with Gasteiger partial charge in [0.05, 0.1) is 6.10 Å². The van der Waals surface area contributed by atoms with Crippen LogP contribution in [0.5, 0.6) is 0 Å². The molecule has 1 aromatic rings. The maximum Gasteiger partial charge on any atom is 0.410 e. The van der Waals surface area contributed by atoms with E-state index in [9.17, 15) is 19.2 Å². The predicted molar refractivity (Wildman–Crippen MR) is 154 cm³/mol. The summed E-state index contributed by atoms with van der Waals surface area (Å²) in [7, 11) is 0. The molecule has 1 amide bonds. The van der Waals surface area contributed by atoms with Gasteiger partial charge in [-0.1, -0.05) is 36.3 Å². The fourth-order valence-corrected chi connectivity index (χ4v) is 5.12. The third-order valence-corrected chi connectivity index (χ3v) is 7.39. The summed E-state index contributed by atoms with van der Waals surface area (Å²) in [4.78, 5) is 54.0. The first-order chi connectivity index (χ1) is 19.9. The zero-order valence-corrected chi connectivity index (χ0v) is 25.0. The number of amidine groups is 1. The Labute approximate surface area is 246 Å². The van der Waals surface area contributed by atoms with E-state index >= 15 is 0 Å². The number of amides is 1. The van der Waals surface area contributed by atoms with E-state index in [1.807, 2.05) is 0 Å². The Morgan fingerprint density at radius 1 is 1.10 bits per heavy atom. The van der Waals surface area contributed by atoms with Gasteiger partial charge in [-0.15, -0.1) is 0 Å². The molecule has 3 atom stereocenters. The second-order valence-electron chi connectivity index (χ2n) is 12.0. The second-order valence-corrected chi connectivity index (χ2v) is 12.0. The molecule has 0 spiro atoms. The number of oxime groups is 1. The molecule has 0 aromatic heterocycles. The van der Waals surface area contributed by atoms with Crippen LogP contribution < -0.4 is 11.1 Å². The molecule has 0 saturated carbocycles. The molecule has 1 aromatic carbocycles. The maximum absolute atomic E-state index is 13.8. The normalized spacial score (nSPS) is 20.0. The third-order valence-electron chi connectivity index (χ3n) is 7.39. The van der Waals surface area contributed by atoms with Crippen LogP contribution in [-0.4, -0.2) is 90.2 Å². The van der Waals surface area contributed by atoms with Crippen molar-refractivity contribution in [2.24, 2.45) is 22.7 Å². The van der Waals surface area contributed by atoms with Crippen molar-refractivity contribution in [3.63, 3.8) is 0 Å². The van der Waals surface area contributed by atoms with E-state index in [0.29, 0.717) is 30.5 Å². The number of hydrogen-bond donors (Lipinski definition) is 3. The molecule has 2 aliphatic rings. The van der Waals surface area contributed by atoms with Crippen LogP contribution in [0.15, 0.2) is 29.4 Å². The average Bonchev–Trinajstić information content (AvgIpc) is 2.97. The summed E-state index contributed by atoms with van der Waals surface area (Å²) in [5, 5.41) is 15.0. The Kier molecular flexibility index (Phi) is 11.9. The van der Waals surface area contributed by atoms with Crippen LogP contribution >= 0.6 is 0 Å². The average molecular weight is 589 g/mol. The largest absolute Gasteiger partial charge is 0.452 e. The van der Waals surface area contributed by atoms with Gasteiger partial charge in [0.1, 0.15) is 12.2 Å². The van der Waals surface area contributed by atoms with Crippen LogP contribution in [0.2, 0.25) is 0 Å². The predicted octanol–water partition coefficient (Wildman–Crippen LogP) is 2.89. The Morgan fingerprint density at radius 2 is 1.74 bits per heavy atom. The number of esters is 1. The summed E-state index contributed by atoms with van der Waals surface area (Å²) in [5.41, 5.74) is 5.72. The number of likely N-dealkylation sites (tertiary alicyclic amines) is 1. The van der Waals surface area contributed by atoms with E-state index in [4.69, 9.17) is 25.2 Å². The van der Waals surface area contributed by atoms with Crippen molar-refractivity contribution in [1.29, 1.82) is 0 Å². The van der Waals surface area contributed by atoms with Crippen molar-refractivity contribution >= 4 is 29.5 Å². The maximum atomic E-state index is 13.8. The summed E-state index contributed by atoms with van der Waals surface area (Å²) in [6.45, 7) is 8.96. The van der Waals surface area contributed by atoms with Gasteiger partial charge in [0.15, 0.2) is 23.5 Å². The van der Waals surface area contributed by atoms with Gasteiger partial charge in [0, 0.05) is 42.5 Å². The highest BCUT2D eigenvalue weighted by Gasteiger charge is 2.39. The number of Topliss-reactive ketones (excluding diaryl/α,β-unsaturated/α-hetero) is 2. The minimum absolute atomic E-state index is 0.0628. The van der Waals surface area contributed by atoms with Gasteiger partial charge < -0.3 is 35.4 Å². The Morgan fingerprint density at radius 3 is 2.36 bits per heavy atom. The number of carbonyl (C=O) groups is 4. The Bertz CT molecular complexity index is 1130. The smallest absolute Gasteiger partial charge is 0.410 e. The molecule has 0 aliphatic carbocycles. The lowest BCUT2D eigenvalue weighted by Gasteiger charge is -2.37. The monoisotopic (exact) mass is 588 g/mol. The van der Waals surface area contributed by atoms with Crippen molar-refractivity contribution in [3.8, 4) is 0 Å². The Hall–Kier alpha value is -3.51. The van der Waals surface area contributed by atoms with Crippen molar-refractivity contribution in [2.45, 2.75) is 77.6 Å². The highest BCUT2D eigenvalue weighted by atomic mass is 16.6. The summed E-state index contributed by atoms with van der Waals surface area (Å²) >= 11 is 0. The first-order valence-corrected chi connectivity index (χ1v) is 14.5.